The van der Waals surface area contributed by atoms with Gasteiger partial charge in [-0.15, -0.1) is 0 Å². The number of carbonyl (C=O) groups excluding carboxylic acids is 1. The molecular formula is C17H27N4O2S+. The maximum Gasteiger partial charge on any atom is 0.244 e. The summed E-state index contributed by atoms with van der Waals surface area (Å²) in [6, 6.07) is 7.87. The van der Waals surface area contributed by atoms with Gasteiger partial charge in [0.2, 0.25) is 5.91 Å². The summed E-state index contributed by atoms with van der Waals surface area (Å²) >= 11 is 5.18. The lowest BCUT2D eigenvalue weighted by Crippen LogP contribution is -3.15. The number of quaternary nitrogens is 1. The van der Waals surface area contributed by atoms with Crippen LogP contribution in [0.25, 0.3) is 0 Å². The number of hydrazine groups is 1. The zero-order valence-electron chi connectivity index (χ0n) is 14.5. The summed E-state index contributed by atoms with van der Waals surface area (Å²) in [5.41, 5.74) is 7.42. The molecule has 1 saturated heterocycles. The number of carbonyl (C=O) groups is 1. The van der Waals surface area contributed by atoms with Crippen LogP contribution in [-0.2, 0) is 9.53 Å². The summed E-state index contributed by atoms with van der Waals surface area (Å²) in [6.45, 7) is 8.85. The number of rotatable bonds is 4. The van der Waals surface area contributed by atoms with Crippen molar-refractivity contribution in [2.45, 2.75) is 39.4 Å². The summed E-state index contributed by atoms with van der Waals surface area (Å²) in [6.07, 6.45) is 0.946. The standard InChI is InChI=1S/C17H26N4O2S/c1-12-5-4-6-15(9-12)18-17(24)20-19-16(22)7-8-21-10-13(2)23-14(3)11-21/h4-6,9,13-14H,7-8,10-11H2,1-3H3,(H,19,22)(H2,18,20,24)/p+1/t13-,14-/m1/s1. The highest BCUT2D eigenvalue weighted by atomic mass is 32.1. The van der Waals surface area contributed by atoms with E-state index in [1.165, 1.54) is 4.90 Å². The normalized spacial score (nSPS) is 23.4. The summed E-state index contributed by atoms with van der Waals surface area (Å²) < 4.78 is 5.71. The molecule has 7 heteroatoms. The van der Waals surface area contributed by atoms with E-state index in [1.807, 2.05) is 31.2 Å². The summed E-state index contributed by atoms with van der Waals surface area (Å²) in [7, 11) is 0. The Morgan fingerprint density at radius 2 is 2.00 bits per heavy atom. The minimum Gasteiger partial charge on any atom is -0.364 e. The molecule has 4 N–H and O–H groups in total. The fourth-order valence-corrected chi connectivity index (χ4v) is 3.13. The summed E-state index contributed by atoms with van der Waals surface area (Å²) in [5, 5.41) is 3.41. The number of hydrogen-bond donors (Lipinski definition) is 4. The van der Waals surface area contributed by atoms with Crippen molar-refractivity contribution >= 4 is 28.9 Å². The van der Waals surface area contributed by atoms with Crippen LogP contribution in [0, 0.1) is 6.92 Å². The Morgan fingerprint density at radius 1 is 1.29 bits per heavy atom. The van der Waals surface area contributed by atoms with Gasteiger partial charge in [-0.2, -0.15) is 0 Å². The zero-order chi connectivity index (χ0) is 17.5. The van der Waals surface area contributed by atoms with Gasteiger partial charge in [0.25, 0.3) is 0 Å². The van der Waals surface area contributed by atoms with Crippen molar-refractivity contribution in [3.05, 3.63) is 29.8 Å². The third-order valence-electron chi connectivity index (χ3n) is 3.91. The molecule has 1 aliphatic heterocycles. The van der Waals surface area contributed by atoms with Crippen molar-refractivity contribution in [2.75, 3.05) is 25.0 Å². The van der Waals surface area contributed by atoms with Crippen LogP contribution in [0.2, 0.25) is 0 Å². The molecule has 1 amide bonds. The fraction of sp³-hybridized carbons (Fsp3) is 0.529. The van der Waals surface area contributed by atoms with Crippen molar-refractivity contribution < 1.29 is 14.4 Å². The lowest BCUT2D eigenvalue weighted by atomic mass is 10.2. The van der Waals surface area contributed by atoms with Crippen molar-refractivity contribution in [3.63, 3.8) is 0 Å². The topological polar surface area (TPSA) is 66.8 Å². The molecule has 1 fully saturated rings. The van der Waals surface area contributed by atoms with Gasteiger partial charge in [-0.1, -0.05) is 12.1 Å². The molecule has 0 spiro atoms. The van der Waals surface area contributed by atoms with Crippen LogP contribution < -0.4 is 21.1 Å². The number of hydrogen-bond acceptors (Lipinski definition) is 3. The van der Waals surface area contributed by atoms with Crippen LogP contribution in [0.4, 0.5) is 5.69 Å². The molecule has 0 saturated carbocycles. The molecule has 2 rings (SSSR count). The molecule has 132 valence electrons. The summed E-state index contributed by atoms with van der Waals surface area (Å²) in [5.74, 6) is -0.0670. The second-order valence-corrected chi connectivity index (χ2v) is 6.82. The Labute approximate surface area is 148 Å². The number of aryl methyl sites for hydroxylation is 1. The Morgan fingerprint density at radius 3 is 2.67 bits per heavy atom. The van der Waals surface area contributed by atoms with Gasteiger partial charge >= 0.3 is 0 Å². The molecule has 1 aromatic carbocycles. The van der Waals surface area contributed by atoms with Gasteiger partial charge in [-0.05, 0) is 50.7 Å². The highest BCUT2D eigenvalue weighted by Gasteiger charge is 2.25. The van der Waals surface area contributed by atoms with Gasteiger partial charge in [-0.3, -0.25) is 15.6 Å². The average molecular weight is 351 g/mol. The second kappa shape index (κ2) is 8.96. The lowest BCUT2D eigenvalue weighted by Gasteiger charge is -2.32. The molecule has 1 aromatic rings. The van der Waals surface area contributed by atoms with E-state index in [0.29, 0.717) is 11.5 Å². The second-order valence-electron chi connectivity index (χ2n) is 6.41. The molecule has 0 unspecified atom stereocenters. The third-order valence-corrected chi connectivity index (χ3v) is 4.12. The third kappa shape index (κ3) is 6.43. The van der Waals surface area contributed by atoms with E-state index in [2.05, 4.69) is 30.0 Å². The molecule has 0 bridgehead atoms. The van der Waals surface area contributed by atoms with Gasteiger partial charge in [0.1, 0.15) is 25.3 Å². The Balaban J connectivity index is 1.66. The molecule has 1 aliphatic rings. The first-order chi connectivity index (χ1) is 11.4. The Kier molecular flexibility index (Phi) is 6.96. The quantitative estimate of drug-likeness (QED) is 0.467. The smallest absolute Gasteiger partial charge is 0.244 e. The first-order valence-corrected chi connectivity index (χ1v) is 8.74. The van der Waals surface area contributed by atoms with Crippen LogP contribution in [0.3, 0.4) is 0 Å². The maximum absolute atomic E-state index is 12.0. The van der Waals surface area contributed by atoms with Crippen LogP contribution in [0.1, 0.15) is 25.8 Å². The van der Waals surface area contributed by atoms with Gasteiger partial charge in [-0.25, -0.2) is 0 Å². The van der Waals surface area contributed by atoms with Crippen LogP contribution in [0.15, 0.2) is 24.3 Å². The molecule has 1 heterocycles. The van der Waals surface area contributed by atoms with Crippen LogP contribution in [0.5, 0.6) is 0 Å². The van der Waals surface area contributed by atoms with Gasteiger partial charge in [0.05, 0.1) is 13.0 Å². The van der Waals surface area contributed by atoms with E-state index in [0.717, 1.165) is 30.9 Å². The first-order valence-electron chi connectivity index (χ1n) is 8.34. The number of nitrogens with one attached hydrogen (secondary N) is 4. The predicted octanol–water partition coefficient (Wildman–Crippen LogP) is 0.395. The highest BCUT2D eigenvalue weighted by Crippen LogP contribution is 2.08. The molecule has 2 atom stereocenters. The minimum atomic E-state index is -0.0670. The van der Waals surface area contributed by atoms with E-state index >= 15 is 0 Å². The SMILES string of the molecule is Cc1cccc(NC(=S)NNC(=O)CC[NH+]2C[C@@H](C)O[C@H](C)C2)c1. The number of benzene rings is 1. The summed E-state index contributed by atoms with van der Waals surface area (Å²) in [4.78, 5) is 13.4. The monoisotopic (exact) mass is 351 g/mol. The Bertz CT molecular complexity index is 571. The van der Waals surface area contributed by atoms with E-state index < -0.39 is 0 Å². The van der Waals surface area contributed by atoms with Gasteiger partial charge in [0.15, 0.2) is 5.11 Å². The molecule has 0 radical (unpaired) electrons. The molecule has 6 nitrogen and oxygen atoms in total. The van der Waals surface area contributed by atoms with E-state index in [-0.39, 0.29) is 18.1 Å². The number of anilines is 1. The van der Waals surface area contributed by atoms with Crippen molar-refractivity contribution in [1.29, 1.82) is 0 Å². The fourth-order valence-electron chi connectivity index (χ4n) is 2.96. The number of thiocarbonyl (C=S) groups is 1. The largest absolute Gasteiger partial charge is 0.364 e. The number of amides is 1. The van der Waals surface area contributed by atoms with Crippen LogP contribution >= 0.6 is 12.2 Å². The Hall–Kier alpha value is -1.70. The lowest BCUT2D eigenvalue weighted by molar-refractivity contribution is -0.914. The molecular weight excluding hydrogens is 324 g/mol. The van der Waals surface area contributed by atoms with Crippen LogP contribution in [-0.4, -0.2) is 42.9 Å². The minimum absolute atomic E-state index is 0.0670. The zero-order valence-corrected chi connectivity index (χ0v) is 15.3. The van der Waals surface area contributed by atoms with Gasteiger partial charge in [0, 0.05) is 5.69 Å². The van der Waals surface area contributed by atoms with Crippen molar-refractivity contribution in [2.24, 2.45) is 0 Å². The first kappa shape index (κ1) is 18.6. The van der Waals surface area contributed by atoms with Crippen molar-refractivity contribution in [1.82, 2.24) is 10.9 Å². The molecule has 0 aromatic heterocycles. The van der Waals surface area contributed by atoms with E-state index in [4.69, 9.17) is 17.0 Å². The number of morpholine rings is 1. The number of ether oxygens (including phenoxy) is 1. The molecule has 24 heavy (non-hydrogen) atoms. The highest BCUT2D eigenvalue weighted by molar-refractivity contribution is 7.80. The van der Waals surface area contributed by atoms with E-state index in [1.54, 1.807) is 0 Å². The predicted molar refractivity (Wildman–Crippen MR) is 98.9 cm³/mol. The van der Waals surface area contributed by atoms with Crippen molar-refractivity contribution in [3.8, 4) is 0 Å². The van der Waals surface area contributed by atoms with Gasteiger partial charge < -0.3 is 15.0 Å². The maximum atomic E-state index is 12.0. The van der Waals surface area contributed by atoms with E-state index in [9.17, 15) is 4.79 Å². The molecule has 0 aliphatic carbocycles. The average Bonchev–Trinajstić information content (AvgIpc) is 2.50.